The van der Waals surface area contributed by atoms with E-state index >= 15 is 0 Å². The van der Waals surface area contributed by atoms with Crippen molar-refractivity contribution in [2.45, 2.75) is 20.8 Å². The number of hydrogen-bond donors (Lipinski definition) is 0. The van der Waals surface area contributed by atoms with Crippen LogP contribution in [0, 0.1) is 12.8 Å². The minimum atomic E-state index is 0.514. The van der Waals surface area contributed by atoms with Crippen molar-refractivity contribution >= 4 is 29.0 Å². The largest absolute Gasteiger partial charge is 0.249 e. The molecule has 1 nitrogen and oxygen atoms in total. The topological polar surface area (TPSA) is 12.9 Å². The molecule has 72 valence electrons. The highest BCUT2D eigenvalue weighted by atomic mass is 35.5. The Balaban J connectivity index is 2.84. The molecule has 0 bridgehead atoms. The number of nitrogens with zero attached hydrogens (tertiary/aromatic N) is 1. The van der Waals surface area contributed by atoms with Crippen molar-refractivity contribution in [1.82, 2.24) is 4.98 Å². The van der Waals surface area contributed by atoms with Crippen molar-refractivity contribution in [3.05, 3.63) is 21.7 Å². The minimum absolute atomic E-state index is 0.514. The summed E-state index contributed by atoms with van der Waals surface area (Å²) in [7, 11) is 0. The van der Waals surface area contributed by atoms with E-state index in [1.807, 2.05) is 13.1 Å². The molecule has 0 aromatic carbocycles. The van der Waals surface area contributed by atoms with E-state index in [0.717, 1.165) is 5.01 Å². The fourth-order valence-corrected chi connectivity index (χ4v) is 2.13. The Morgan fingerprint density at radius 3 is 2.77 bits per heavy atom. The van der Waals surface area contributed by atoms with Crippen LogP contribution in [0.5, 0.6) is 0 Å². The second-order valence-corrected chi connectivity index (χ2v) is 4.82. The van der Waals surface area contributed by atoms with Crippen LogP contribution in [0.3, 0.4) is 0 Å². The number of alkyl halides is 1. The van der Waals surface area contributed by atoms with Crippen LogP contribution in [0.25, 0.3) is 6.08 Å². The van der Waals surface area contributed by atoms with Gasteiger partial charge in [0.05, 0.1) is 5.01 Å². The van der Waals surface area contributed by atoms with E-state index in [0.29, 0.717) is 11.8 Å². The van der Waals surface area contributed by atoms with E-state index in [-0.39, 0.29) is 0 Å². The average Bonchev–Trinajstić information content (AvgIpc) is 2.46. The molecule has 1 rings (SSSR count). The Bertz CT molecular complexity index is 302. The highest BCUT2D eigenvalue weighted by Crippen LogP contribution is 2.20. The molecule has 1 aromatic rings. The summed E-state index contributed by atoms with van der Waals surface area (Å²) in [6.45, 7) is 6.32. The van der Waals surface area contributed by atoms with Crippen LogP contribution in [0.15, 0.2) is 11.8 Å². The number of aromatic nitrogens is 1. The smallest absolute Gasteiger partial charge is 0.0900 e. The van der Waals surface area contributed by atoms with Crippen LogP contribution in [0.1, 0.15) is 23.7 Å². The molecule has 0 atom stereocenters. The first-order chi connectivity index (χ1) is 6.13. The molecule has 3 heteroatoms. The van der Waals surface area contributed by atoms with Gasteiger partial charge in [-0.2, -0.15) is 0 Å². The van der Waals surface area contributed by atoms with Crippen LogP contribution in [-0.2, 0) is 0 Å². The van der Waals surface area contributed by atoms with Gasteiger partial charge in [0, 0.05) is 17.0 Å². The molecule has 0 fully saturated rings. The average molecular weight is 216 g/mol. The summed E-state index contributed by atoms with van der Waals surface area (Å²) >= 11 is 7.54. The first kappa shape index (κ1) is 10.7. The van der Waals surface area contributed by atoms with Gasteiger partial charge in [-0.1, -0.05) is 19.4 Å². The summed E-state index contributed by atoms with van der Waals surface area (Å²) in [5.41, 5.74) is 1.27. The number of hydrogen-bond acceptors (Lipinski definition) is 2. The van der Waals surface area contributed by atoms with Gasteiger partial charge in [0.25, 0.3) is 0 Å². The molecular weight excluding hydrogens is 202 g/mol. The van der Waals surface area contributed by atoms with Crippen molar-refractivity contribution in [3.8, 4) is 0 Å². The second kappa shape index (κ2) is 4.77. The Labute approximate surface area is 88.5 Å². The van der Waals surface area contributed by atoms with Gasteiger partial charge >= 0.3 is 0 Å². The van der Waals surface area contributed by atoms with Crippen molar-refractivity contribution in [3.63, 3.8) is 0 Å². The Hall–Kier alpha value is -0.340. The molecule has 0 amide bonds. The lowest BCUT2D eigenvalue weighted by molar-refractivity contribution is 0.778. The summed E-state index contributed by atoms with van der Waals surface area (Å²) in [6, 6.07) is 0. The normalized spacial score (nSPS) is 12.5. The maximum Gasteiger partial charge on any atom is 0.0900 e. The summed E-state index contributed by atoms with van der Waals surface area (Å²) in [4.78, 5) is 5.39. The molecule has 1 heterocycles. The van der Waals surface area contributed by atoms with Gasteiger partial charge in [-0.25, -0.2) is 4.98 Å². The van der Waals surface area contributed by atoms with E-state index in [2.05, 4.69) is 24.9 Å². The quantitative estimate of drug-likeness (QED) is 0.701. The number of allylic oxidation sites excluding steroid dienone is 1. The fraction of sp³-hybridized carbons (Fsp3) is 0.500. The van der Waals surface area contributed by atoms with Gasteiger partial charge in [0.2, 0.25) is 0 Å². The zero-order chi connectivity index (χ0) is 9.84. The van der Waals surface area contributed by atoms with Crippen molar-refractivity contribution in [2.24, 2.45) is 5.92 Å². The maximum atomic E-state index is 5.84. The van der Waals surface area contributed by atoms with Gasteiger partial charge < -0.3 is 0 Å². The number of rotatable bonds is 3. The number of halogens is 1. The minimum Gasteiger partial charge on any atom is -0.249 e. The standard InChI is InChI=1S/C10H14ClNS/c1-7(2)9(5-11)4-10-6-12-8(3)13-10/h4,6-7H,5H2,1-3H3. The molecule has 0 aliphatic rings. The molecule has 13 heavy (non-hydrogen) atoms. The fourth-order valence-electron chi connectivity index (χ4n) is 0.987. The molecule has 0 aliphatic heterocycles. The molecule has 0 saturated heterocycles. The van der Waals surface area contributed by atoms with Crippen LogP contribution < -0.4 is 0 Å². The molecular formula is C10H14ClNS. The van der Waals surface area contributed by atoms with E-state index in [1.165, 1.54) is 10.5 Å². The monoisotopic (exact) mass is 215 g/mol. The maximum absolute atomic E-state index is 5.84. The highest BCUT2D eigenvalue weighted by molar-refractivity contribution is 7.12. The Kier molecular flexibility index (Phi) is 3.94. The van der Waals surface area contributed by atoms with Crippen molar-refractivity contribution in [2.75, 3.05) is 5.88 Å². The van der Waals surface area contributed by atoms with E-state index in [1.54, 1.807) is 11.3 Å². The number of aryl methyl sites for hydroxylation is 1. The predicted octanol–water partition coefficient (Wildman–Crippen LogP) is 3.73. The third-order valence-corrected chi connectivity index (χ3v) is 3.03. The third-order valence-electron chi connectivity index (χ3n) is 1.86. The zero-order valence-corrected chi connectivity index (χ0v) is 9.75. The molecule has 1 aromatic heterocycles. The SMILES string of the molecule is Cc1ncc(C=C(CCl)C(C)C)s1. The van der Waals surface area contributed by atoms with Gasteiger partial charge in [-0.3, -0.25) is 0 Å². The molecule has 0 radical (unpaired) electrons. The molecule has 0 saturated carbocycles. The van der Waals surface area contributed by atoms with Crippen molar-refractivity contribution < 1.29 is 0 Å². The summed E-state index contributed by atoms with van der Waals surface area (Å²) in [5.74, 6) is 1.12. The van der Waals surface area contributed by atoms with Gasteiger partial charge in [0.15, 0.2) is 0 Å². The zero-order valence-electron chi connectivity index (χ0n) is 8.17. The first-order valence-electron chi connectivity index (χ1n) is 4.32. The summed E-state index contributed by atoms with van der Waals surface area (Å²) in [5, 5.41) is 1.10. The van der Waals surface area contributed by atoms with Crippen LogP contribution in [-0.4, -0.2) is 10.9 Å². The van der Waals surface area contributed by atoms with Crippen molar-refractivity contribution in [1.29, 1.82) is 0 Å². The lowest BCUT2D eigenvalue weighted by Crippen LogP contribution is -1.94. The second-order valence-electron chi connectivity index (χ2n) is 3.29. The van der Waals surface area contributed by atoms with E-state index in [4.69, 9.17) is 11.6 Å². The van der Waals surface area contributed by atoms with Gasteiger partial charge in [-0.05, 0) is 18.9 Å². The Morgan fingerprint density at radius 2 is 2.38 bits per heavy atom. The molecule has 0 aliphatic carbocycles. The Morgan fingerprint density at radius 1 is 1.69 bits per heavy atom. The van der Waals surface area contributed by atoms with Crippen LogP contribution in [0.2, 0.25) is 0 Å². The predicted molar refractivity (Wildman–Crippen MR) is 60.4 cm³/mol. The molecule has 0 N–H and O–H groups in total. The highest BCUT2D eigenvalue weighted by Gasteiger charge is 2.02. The first-order valence-corrected chi connectivity index (χ1v) is 5.67. The van der Waals surface area contributed by atoms with Gasteiger partial charge in [-0.15, -0.1) is 22.9 Å². The summed E-state index contributed by atoms with van der Waals surface area (Å²) in [6.07, 6.45) is 4.04. The third kappa shape index (κ3) is 3.12. The van der Waals surface area contributed by atoms with Crippen LogP contribution >= 0.6 is 22.9 Å². The van der Waals surface area contributed by atoms with Crippen LogP contribution in [0.4, 0.5) is 0 Å². The molecule has 0 unspecified atom stereocenters. The molecule has 0 spiro atoms. The summed E-state index contributed by atoms with van der Waals surface area (Å²) < 4.78 is 0. The van der Waals surface area contributed by atoms with Gasteiger partial charge in [0.1, 0.15) is 0 Å². The van der Waals surface area contributed by atoms with E-state index < -0.39 is 0 Å². The van der Waals surface area contributed by atoms with E-state index in [9.17, 15) is 0 Å². The number of thiazole rings is 1. The lowest BCUT2D eigenvalue weighted by atomic mass is 10.1. The lowest BCUT2D eigenvalue weighted by Gasteiger charge is -2.05.